The maximum atomic E-state index is 5.79. The average molecular weight is 338 g/mol. The molecule has 1 aromatic heterocycles. The van der Waals surface area contributed by atoms with Crippen LogP contribution in [0.2, 0.25) is 0 Å². The van der Waals surface area contributed by atoms with Gasteiger partial charge in [0.25, 0.3) is 0 Å². The molecule has 4 heteroatoms. The minimum Gasteiger partial charge on any atom is -0.493 e. The summed E-state index contributed by atoms with van der Waals surface area (Å²) in [6, 6.07) is 13.1. The van der Waals surface area contributed by atoms with E-state index in [-0.39, 0.29) is 0 Å². The summed E-state index contributed by atoms with van der Waals surface area (Å²) in [5, 5.41) is 3.45. The zero-order chi connectivity index (χ0) is 13.2. The van der Waals surface area contributed by atoms with Gasteiger partial charge in [0.2, 0.25) is 0 Å². The Morgan fingerprint density at radius 3 is 2.95 bits per heavy atom. The van der Waals surface area contributed by atoms with Crippen LogP contribution in [0, 0.1) is 0 Å². The van der Waals surface area contributed by atoms with Gasteiger partial charge in [-0.3, -0.25) is 0 Å². The third-order valence-electron chi connectivity index (χ3n) is 3.64. The normalized spacial score (nSPS) is 18.9. The number of thiophene rings is 1. The maximum Gasteiger partial charge on any atom is 0.122 e. The molecule has 100 valence electrons. The molecular formula is C15H16BrNOS. The lowest BCUT2D eigenvalue weighted by Crippen LogP contribution is -2.34. The zero-order valence-corrected chi connectivity index (χ0v) is 13.1. The summed E-state index contributed by atoms with van der Waals surface area (Å²) in [5.41, 5.74) is 1.33. The summed E-state index contributed by atoms with van der Waals surface area (Å²) in [6.07, 6.45) is 1.04. The lowest BCUT2D eigenvalue weighted by molar-refractivity contribution is 0.302. The molecule has 0 saturated heterocycles. The summed E-state index contributed by atoms with van der Waals surface area (Å²) in [5.74, 6) is 1.47. The lowest BCUT2D eigenvalue weighted by Gasteiger charge is -2.21. The molecule has 0 spiro atoms. The number of fused-ring (bicyclic) bond motifs is 1. The van der Waals surface area contributed by atoms with Crippen molar-refractivity contribution in [1.82, 2.24) is 5.32 Å². The van der Waals surface area contributed by atoms with Crippen LogP contribution in [0.25, 0.3) is 0 Å². The zero-order valence-electron chi connectivity index (χ0n) is 10.7. The number of hydrogen-bond acceptors (Lipinski definition) is 3. The van der Waals surface area contributed by atoms with Gasteiger partial charge in [-0.05, 0) is 47.6 Å². The van der Waals surface area contributed by atoms with Gasteiger partial charge >= 0.3 is 0 Å². The van der Waals surface area contributed by atoms with Crippen LogP contribution in [0.4, 0.5) is 0 Å². The van der Waals surface area contributed by atoms with E-state index < -0.39 is 0 Å². The Labute approximate surface area is 125 Å². The molecular weight excluding hydrogens is 322 g/mol. The first-order valence-electron chi connectivity index (χ1n) is 6.41. The molecule has 1 aliphatic rings. The van der Waals surface area contributed by atoms with Crippen molar-refractivity contribution < 1.29 is 4.74 Å². The molecule has 0 amide bonds. The molecule has 1 aliphatic heterocycles. The molecule has 0 radical (unpaired) electrons. The number of para-hydroxylation sites is 1. The number of hydrogen-bond donors (Lipinski definition) is 1. The van der Waals surface area contributed by atoms with Crippen molar-refractivity contribution in [3.8, 4) is 5.75 Å². The van der Waals surface area contributed by atoms with E-state index in [9.17, 15) is 0 Å². The minimum atomic E-state index is 0.411. The van der Waals surface area contributed by atoms with Crippen LogP contribution in [0.3, 0.4) is 0 Å². The Morgan fingerprint density at radius 2 is 2.21 bits per heavy atom. The number of ether oxygens (including phenoxy) is 1. The number of benzene rings is 1. The fourth-order valence-corrected chi connectivity index (χ4v) is 4.19. The maximum absolute atomic E-state index is 5.79. The summed E-state index contributed by atoms with van der Waals surface area (Å²) in [7, 11) is 2.04. The predicted octanol–water partition coefficient (Wildman–Crippen LogP) is 3.82. The number of likely N-dealkylation sites (N-methyl/N-ethyl adjacent to an activating group) is 1. The summed E-state index contributed by atoms with van der Waals surface area (Å²) >= 11 is 5.33. The van der Waals surface area contributed by atoms with Gasteiger partial charge in [0.1, 0.15) is 5.75 Å². The number of nitrogens with one attached hydrogen (secondary N) is 1. The van der Waals surface area contributed by atoms with E-state index in [4.69, 9.17) is 4.74 Å². The van der Waals surface area contributed by atoms with Gasteiger partial charge in [-0.1, -0.05) is 18.2 Å². The van der Waals surface area contributed by atoms with Crippen LogP contribution in [0.15, 0.2) is 40.2 Å². The van der Waals surface area contributed by atoms with Crippen molar-refractivity contribution in [2.24, 2.45) is 0 Å². The Morgan fingerprint density at radius 1 is 1.37 bits per heavy atom. The Hall–Kier alpha value is -0.840. The molecule has 0 saturated carbocycles. The molecule has 2 atom stereocenters. The second kappa shape index (κ2) is 5.65. The van der Waals surface area contributed by atoms with E-state index in [2.05, 4.69) is 51.6 Å². The van der Waals surface area contributed by atoms with Gasteiger partial charge in [0.05, 0.1) is 10.4 Å². The highest BCUT2D eigenvalue weighted by Gasteiger charge is 2.30. The van der Waals surface area contributed by atoms with E-state index in [0.717, 1.165) is 18.8 Å². The van der Waals surface area contributed by atoms with Crippen LogP contribution >= 0.6 is 27.3 Å². The van der Waals surface area contributed by atoms with E-state index in [1.165, 1.54) is 14.2 Å². The Bertz CT molecular complexity index is 569. The first-order chi connectivity index (χ1) is 9.28. The highest BCUT2D eigenvalue weighted by atomic mass is 79.9. The fourth-order valence-electron chi connectivity index (χ4n) is 2.64. The monoisotopic (exact) mass is 337 g/mol. The molecule has 19 heavy (non-hydrogen) atoms. The van der Waals surface area contributed by atoms with Crippen molar-refractivity contribution in [2.45, 2.75) is 18.4 Å². The van der Waals surface area contributed by atoms with E-state index >= 15 is 0 Å². The van der Waals surface area contributed by atoms with Gasteiger partial charge in [0.15, 0.2) is 0 Å². The summed E-state index contributed by atoms with van der Waals surface area (Å²) < 4.78 is 6.99. The molecule has 1 aromatic carbocycles. The van der Waals surface area contributed by atoms with Crippen molar-refractivity contribution >= 4 is 27.3 Å². The molecule has 2 nitrogen and oxygen atoms in total. The smallest absolute Gasteiger partial charge is 0.122 e. The van der Waals surface area contributed by atoms with Crippen LogP contribution in [-0.2, 0) is 6.42 Å². The van der Waals surface area contributed by atoms with E-state index in [1.54, 1.807) is 0 Å². The molecule has 1 N–H and O–H groups in total. The van der Waals surface area contributed by atoms with E-state index in [1.807, 2.05) is 24.5 Å². The first kappa shape index (κ1) is 13.2. The average Bonchev–Trinajstić information content (AvgIpc) is 3.02. The molecule has 0 bridgehead atoms. The third kappa shape index (κ3) is 2.71. The second-order valence-electron chi connectivity index (χ2n) is 4.76. The van der Waals surface area contributed by atoms with Crippen molar-refractivity contribution in [2.75, 3.05) is 13.7 Å². The fraction of sp³-hybridized carbons (Fsp3) is 0.333. The standard InChI is InChI=1S/C15H16BrNOS/c1-17-13(8-10-6-7-15(16)19-10)12-9-18-14-5-3-2-4-11(12)14/h2-7,12-13,17H,8-9H2,1H3. The lowest BCUT2D eigenvalue weighted by atomic mass is 9.91. The summed E-state index contributed by atoms with van der Waals surface area (Å²) in [6.45, 7) is 0.775. The molecule has 3 rings (SSSR count). The van der Waals surface area contributed by atoms with Gasteiger partial charge in [0, 0.05) is 22.4 Å². The van der Waals surface area contributed by atoms with Crippen LogP contribution in [0.1, 0.15) is 16.4 Å². The van der Waals surface area contributed by atoms with E-state index in [0.29, 0.717) is 12.0 Å². The highest BCUT2D eigenvalue weighted by Crippen LogP contribution is 2.37. The topological polar surface area (TPSA) is 21.3 Å². The summed E-state index contributed by atoms with van der Waals surface area (Å²) in [4.78, 5) is 1.40. The van der Waals surface area contributed by atoms with Crippen molar-refractivity contribution in [1.29, 1.82) is 0 Å². The molecule has 0 aliphatic carbocycles. The van der Waals surface area contributed by atoms with Gasteiger partial charge < -0.3 is 10.1 Å². The van der Waals surface area contributed by atoms with Crippen molar-refractivity contribution in [3.63, 3.8) is 0 Å². The van der Waals surface area contributed by atoms with Gasteiger partial charge in [-0.2, -0.15) is 0 Å². The van der Waals surface area contributed by atoms with Gasteiger partial charge in [-0.25, -0.2) is 0 Å². The van der Waals surface area contributed by atoms with Crippen LogP contribution in [0.5, 0.6) is 5.75 Å². The van der Waals surface area contributed by atoms with Crippen LogP contribution < -0.4 is 10.1 Å². The predicted molar refractivity (Wildman–Crippen MR) is 83.2 cm³/mol. The number of rotatable bonds is 4. The highest BCUT2D eigenvalue weighted by molar-refractivity contribution is 9.11. The van der Waals surface area contributed by atoms with Gasteiger partial charge in [-0.15, -0.1) is 11.3 Å². The molecule has 2 aromatic rings. The molecule has 2 heterocycles. The third-order valence-corrected chi connectivity index (χ3v) is 5.29. The Balaban J connectivity index is 1.80. The Kier molecular flexibility index (Phi) is 3.91. The largest absolute Gasteiger partial charge is 0.493 e. The first-order valence-corrected chi connectivity index (χ1v) is 8.02. The number of halogens is 1. The molecule has 2 unspecified atom stereocenters. The SMILES string of the molecule is CNC(Cc1ccc(Br)s1)C1COc2ccccc21. The van der Waals surface area contributed by atoms with Crippen LogP contribution in [-0.4, -0.2) is 19.7 Å². The van der Waals surface area contributed by atoms with Crippen molar-refractivity contribution in [3.05, 3.63) is 50.6 Å². The minimum absolute atomic E-state index is 0.411. The molecule has 0 fully saturated rings. The quantitative estimate of drug-likeness (QED) is 0.915. The second-order valence-corrected chi connectivity index (χ2v) is 7.31.